The van der Waals surface area contributed by atoms with Gasteiger partial charge in [0.1, 0.15) is 0 Å². The third kappa shape index (κ3) is 1.90. The first-order valence-electron chi connectivity index (χ1n) is 6.51. The molecule has 0 saturated carbocycles. The fourth-order valence-electron chi connectivity index (χ4n) is 2.80. The van der Waals surface area contributed by atoms with Crippen LogP contribution in [0.3, 0.4) is 0 Å². The molecule has 17 heavy (non-hydrogen) atoms. The summed E-state index contributed by atoms with van der Waals surface area (Å²) < 4.78 is 0. The van der Waals surface area contributed by atoms with Crippen LogP contribution in [-0.4, -0.2) is 30.4 Å². The van der Waals surface area contributed by atoms with Gasteiger partial charge in [-0.2, -0.15) is 0 Å². The standard InChI is InChI=1S/C14H18N2O/c17-14(16-9-1-2-10-16)12-5-3-7-13-11(12)6-4-8-15-13/h3,5,7,15H,1-2,4,6,8-10H2. The number of benzene rings is 1. The largest absolute Gasteiger partial charge is 0.385 e. The molecule has 90 valence electrons. The number of fused-ring (bicyclic) bond motifs is 1. The van der Waals surface area contributed by atoms with Crippen molar-refractivity contribution >= 4 is 11.6 Å². The predicted molar refractivity (Wildman–Crippen MR) is 68.4 cm³/mol. The van der Waals surface area contributed by atoms with Crippen LogP contribution in [0.2, 0.25) is 0 Å². The molecule has 1 fully saturated rings. The first-order chi connectivity index (χ1) is 8.36. The highest BCUT2D eigenvalue weighted by Gasteiger charge is 2.23. The Morgan fingerprint density at radius 1 is 1.18 bits per heavy atom. The fourth-order valence-corrected chi connectivity index (χ4v) is 2.80. The number of carbonyl (C=O) groups excluding carboxylic acids is 1. The van der Waals surface area contributed by atoms with Crippen LogP contribution in [0.4, 0.5) is 5.69 Å². The van der Waals surface area contributed by atoms with Crippen LogP contribution in [0.25, 0.3) is 0 Å². The van der Waals surface area contributed by atoms with Gasteiger partial charge in [0.25, 0.3) is 5.91 Å². The molecule has 0 spiro atoms. The second-order valence-corrected chi connectivity index (χ2v) is 4.86. The number of nitrogens with one attached hydrogen (secondary N) is 1. The predicted octanol–water partition coefficient (Wildman–Crippen LogP) is 2.28. The summed E-state index contributed by atoms with van der Waals surface area (Å²) in [6.07, 6.45) is 4.45. The lowest BCUT2D eigenvalue weighted by Crippen LogP contribution is -2.29. The quantitative estimate of drug-likeness (QED) is 0.802. The van der Waals surface area contributed by atoms with Crippen LogP contribution < -0.4 is 5.32 Å². The number of rotatable bonds is 1. The minimum atomic E-state index is 0.225. The van der Waals surface area contributed by atoms with Gasteiger partial charge in [0.05, 0.1) is 0 Å². The molecule has 1 saturated heterocycles. The second kappa shape index (κ2) is 4.40. The molecule has 1 N–H and O–H groups in total. The summed E-state index contributed by atoms with van der Waals surface area (Å²) in [6, 6.07) is 6.04. The van der Waals surface area contributed by atoms with Gasteiger partial charge < -0.3 is 10.2 Å². The van der Waals surface area contributed by atoms with Crippen molar-refractivity contribution in [1.29, 1.82) is 0 Å². The van der Waals surface area contributed by atoms with Gasteiger partial charge in [-0.3, -0.25) is 4.79 Å². The van der Waals surface area contributed by atoms with Crippen molar-refractivity contribution in [3.8, 4) is 0 Å². The molecule has 2 heterocycles. The number of carbonyl (C=O) groups is 1. The summed E-state index contributed by atoms with van der Waals surface area (Å²) in [4.78, 5) is 14.4. The van der Waals surface area contributed by atoms with Crippen molar-refractivity contribution in [2.75, 3.05) is 25.0 Å². The number of nitrogens with zero attached hydrogens (tertiary/aromatic N) is 1. The normalized spacial score (nSPS) is 18.7. The summed E-state index contributed by atoms with van der Waals surface area (Å²) >= 11 is 0. The molecule has 0 unspecified atom stereocenters. The average molecular weight is 230 g/mol. The zero-order chi connectivity index (χ0) is 11.7. The molecule has 1 aromatic rings. The number of hydrogen-bond donors (Lipinski definition) is 1. The van der Waals surface area contributed by atoms with Crippen LogP contribution in [0.15, 0.2) is 18.2 Å². The lowest BCUT2D eigenvalue weighted by Gasteiger charge is -2.23. The van der Waals surface area contributed by atoms with E-state index in [2.05, 4.69) is 11.4 Å². The van der Waals surface area contributed by atoms with Crippen LogP contribution >= 0.6 is 0 Å². The van der Waals surface area contributed by atoms with Gasteiger partial charge in [-0.1, -0.05) is 6.07 Å². The SMILES string of the molecule is O=C(c1cccc2c1CCCN2)N1CCCC1. The van der Waals surface area contributed by atoms with Gasteiger partial charge in [-0.05, 0) is 43.4 Å². The Kier molecular flexibility index (Phi) is 2.75. The maximum absolute atomic E-state index is 12.4. The van der Waals surface area contributed by atoms with E-state index in [0.29, 0.717) is 0 Å². The summed E-state index contributed by atoms with van der Waals surface area (Å²) in [6.45, 7) is 2.88. The van der Waals surface area contributed by atoms with E-state index in [-0.39, 0.29) is 5.91 Å². The van der Waals surface area contributed by atoms with E-state index < -0.39 is 0 Å². The monoisotopic (exact) mass is 230 g/mol. The molecule has 1 aromatic carbocycles. The molecule has 1 amide bonds. The van der Waals surface area contributed by atoms with Gasteiger partial charge in [0.15, 0.2) is 0 Å². The summed E-state index contributed by atoms with van der Waals surface area (Å²) in [5.41, 5.74) is 3.29. The van der Waals surface area contributed by atoms with Crippen LogP contribution in [0.5, 0.6) is 0 Å². The third-order valence-electron chi connectivity index (χ3n) is 3.72. The van der Waals surface area contributed by atoms with Gasteiger partial charge in [0, 0.05) is 30.9 Å². The molecule has 2 aliphatic rings. The Balaban J connectivity index is 1.94. The fraction of sp³-hybridized carbons (Fsp3) is 0.500. The highest BCUT2D eigenvalue weighted by molar-refractivity contribution is 5.97. The highest BCUT2D eigenvalue weighted by Crippen LogP contribution is 2.27. The molecule has 3 nitrogen and oxygen atoms in total. The number of hydrogen-bond acceptors (Lipinski definition) is 2. The molecule has 0 radical (unpaired) electrons. The van der Waals surface area contributed by atoms with Crippen molar-refractivity contribution in [3.05, 3.63) is 29.3 Å². The van der Waals surface area contributed by atoms with Crippen molar-refractivity contribution in [2.24, 2.45) is 0 Å². The Morgan fingerprint density at radius 2 is 2.00 bits per heavy atom. The van der Waals surface area contributed by atoms with Crippen LogP contribution in [-0.2, 0) is 6.42 Å². The number of amides is 1. The lowest BCUT2D eigenvalue weighted by molar-refractivity contribution is 0.0791. The molecule has 3 rings (SSSR count). The van der Waals surface area contributed by atoms with Crippen LogP contribution in [0.1, 0.15) is 35.2 Å². The number of anilines is 1. The van der Waals surface area contributed by atoms with E-state index >= 15 is 0 Å². The molecule has 0 aliphatic carbocycles. The second-order valence-electron chi connectivity index (χ2n) is 4.86. The Labute approximate surface area is 102 Å². The first-order valence-corrected chi connectivity index (χ1v) is 6.51. The summed E-state index contributed by atoms with van der Waals surface area (Å²) in [5, 5.41) is 3.38. The molecule has 3 heteroatoms. The molecular weight excluding hydrogens is 212 g/mol. The Hall–Kier alpha value is -1.51. The van der Waals surface area contributed by atoms with Crippen molar-refractivity contribution in [1.82, 2.24) is 4.90 Å². The van der Waals surface area contributed by atoms with Gasteiger partial charge in [-0.25, -0.2) is 0 Å². The Morgan fingerprint density at radius 3 is 2.82 bits per heavy atom. The third-order valence-corrected chi connectivity index (χ3v) is 3.72. The maximum atomic E-state index is 12.4. The van der Waals surface area contributed by atoms with E-state index in [1.807, 2.05) is 17.0 Å². The summed E-state index contributed by atoms with van der Waals surface area (Å²) in [5.74, 6) is 0.225. The van der Waals surface area contributed by atoms with Crippen LogP contribution in [0, 0.1) is 0 Å². The first kappa shape index (κ1) is 10.6. The highest BCUT2D eigenvalue weighted by atomic mass is 16.2. The minimum absolute atomic E-state index is 0.225. The average Bonchev–Trinajstić information content (AvgIpc) is 2.91. The molecule has 2 aliphatic heterocycles. The molecule has 0 bridgehead atoms. The van der Waals surface area contributed by atoms with Gasteiger partial charge >= 0.3 is 0 Å². The zero-order valence-electron chi connectivity index (χ0n) is 10.0. The smallest absolute Gasteiger partial charge is 0.254 e. The maximum Gasteiger partial charge on any atom is 0.254 e. The van der Waals surface area contributed by atoms with Crippen molar-refractivity contribution in [3.63, 3.8) is 0 Å². The van der Waals surface area contributed by atoms with E-state index in [4.69, 9.17) is 0 Å². The molecule has 0 atom stereocenters. The van der Waals surface area contributed by atoms with E-state index in [1.54, 1.807) is 0 Å². The van der Waals surface area contributed by atoms with E-state index in [9.17, 15) is 4.79 Å². The lowest BCUT2D eigenvalue weighted by atomic mass is 9.97. The number of likely N-dealkylation sites (tertiary alicyclic amines) is 1. The van der Waals surface area contributed by atoms with Gasteiger partial charge in [-0.15, -0.1) is 0 Å². The minimum Gasteiger partial charge on any atom is -0.385 e. The molecular formula is C14H18N2O. The molecule has 0 aromatic heterocycles. The van der Waals surface area contributed by atoms with Crippen molar-refractivity contribution in [2.45, 2.75) is 25.7 Å². The van der Waals surface area contributed by atoms with E-state index in [1.165, 1.54) is 5.56 Å². The summed E-state index contributed by atoms with van der Waals surface area (Å²) in [7, 11) is 0. The van der Waals surface area contributed by atoms with Crippen molar-refractivity contribution < 1.29 is 4.79 Å². The van der Waals surface area contributed by atoms with E-state index in [0.717, 1.165) is 56.6 Å². The van der Waals surface area contributed by atoms with Gasteiger partial charge in [0.2, 0.25) is 0 Å². The Bertz CT molecular complexity index is 436. The topological polar surface area (TPSA) is 32.3 Å². The zero-order valence-corrected chi connectivity index (χ0v) is 10.0.